The van der Waals surface area contributed by atoms with Crippen molar-refractivity contribution in [1.29, 1.82) is 0 Å². The molecule has 0 bridgehead atoms. The maximum absolute atomic E-state index is 11.5. The number of benzene rings is 2. The Kier molecular flexibility index (Phi) is 5.36. The van der Waals surface area contributed by atoms with Crippen LogP contribution in [0.3, 0.4) is 0 Å². The Morgan fingerprint density at radius 1 is 1.10 bits per heavy atom. The number of hydrogen-bond donors (Lipinski definition) is 3. The largest absolute Gasteiger partial charge is 0.480 e. The first-order chi connectivity index (χ1) is 14.8. The summed E-state index contributed by atoms with van der Waals surface area (Å²) in [5.74, 6) is -1.01. The SMILES string of the molecule is CN(C)c1ccc2c(c1)n(C)c(=NNc1ccc(N3CCC(O)C3C(=O)O)cc1)n2C. The van der Waals surface area contributed by atoms with E-state index in [1.54, 1.807) is 4.90 Å². The molecular weight excluding hydrogens is 396 g/mol. The van der Waals surface area contributed by atoms with Gasteiger partial charge in [0.25, 0.3) is 0 Å². The van der Waals surface area contributed by atoms with Crippen LogP contribution in [0, 0.1) is 0 Å². The first kappa shape index (κ1) is 20.8. The van der Waals surface area contributed by atoms with Crippen molar-refractivity contribution in [3.05, 3.63) is 48.1 Å². The number of imidazole rings is 1. The van der Waals surface area contributed by atoms with Gasteiger partial charge in [0.1, 0.15) is 0 Å². The molecular formula is C22H28N6O3. The number of carboxylic acids is 1. The Balaban J connectivity index is 1.59. The molecule has 31 heavy (non-hydrogen) atoms. The zero-order valence-corrected chi connectivity index (χ0v) is 18.1. The average Bonchev–Trinajstić information content (AvgIpc) is 3.25. The molecule has 2 unspecified atom stereocenters. The summed E-state index contributed by atoms with van der Waals surface area (Å²) in [5.41, 5.74) is 8.69. The average molecular weight is 425 g/mol. The predicted octanol–water partition coefficient (Wildman–Crippen LogP) is 1.53. The van der Waals surface area contributed by atoms with Gasteiger partial charge in [-0.3, -0.25) is 5.43 Å². The highest BCUT2D eigenvalue weighted by atomic mass is 16.4. The van der Waals surface area contributed by atoms with Gasteiger partial charge in [-0.15, -0.1) is 5.10 Å². The van der Waals surface area contributed by atoms with E-state index in [1.165, 1.54) is 0 Å². The highest BCUT2D eigenvalue weighted by Gasteiger charge is 2.38. The number of rotatable bonds is 5. The maximum atomic E-state index is 11.5. The number of nitrogens with one attached hydrogen (secondary N) is 1. The number of fused-ring (bicyclic) bond motifs is 1. The monoisotopic (exact) mass is 424 g/mol. The number of aryl methyl sites for hydroxylation is 2. The number of nitrogens with zero attached hydrogens (tertiary/aromatic N) is 5. The summed E-state index contributed by atoms with van der Waals surface area (Å²) in [5, 5.41) is 23.9. The van der Waals surface area contributed by atoms with Crippen molar-refractivity contribution >= 4 is 34.1 Å². The van der Waals surface area contributed by atoms with E-state index in [4.69, 9.17) is 0 Å². The van der Waals surface area contributed by atoms with E-state index < -0.39 is 18.1 Å². The molecule has 0 spiro atoms. The van der Waals surface area contributed by atoms with Gasteiger partial charge in [0.05, 0.1) is 22.8 Å². The van der Waals surface area contributed by atoms with E-state index in [0.717, 1.165) is 33.7 Å². The third-order valence-corrected chi connectivity index (χ3v) is 5.90. The molecule has 0 aliphatic carbocycles. The summed E-state index contributed by atoms with van der Waals surface area (Å²) >= 11 is 0. The molecule has 9 nitrogen and oxygen atoms in total. The molecule has 2 aromatic carbocycles. The van der Waals surface area contributed by atoms with Crippen molar-refractivity contribution in [1.82, 2.24) is 9.13 Å². The molecule has 3 N–H and O–H groups in total. The van der Waals surface area contributed by atoms with E-state index in [0.29, 0.717) is 13.0 Å². The van der Waals surface area contributed by atoms with E-state index in [-0.39, 0.29) is 0 Å². The van der Waals surface area contributed by atoms with Crippen molar-refractivity contribution in [3.63, 3.8) is 0 Å². The van der Waals surface area contributed by atoms with Crippen molar-refractivity contribution < 1.29 is 15.0 Å². The Bertz CT molecular complexity index is 1180. The number of aromatic nitrogens is 2. The number of hydrogen-bond acceptors (Lipinski definition) is 6. The molecule has 1 aliphatic heterocycles. The van der Waals surface area contributed by atoms with Crippen molar-refractivity contribution in [2.45, 2.75) is 18.6 Å². The van der Waals surface area contributed by atoms with E-state index >= 15 is 0 Å². The van der Waals surface area contributed by atoms with Gasteiger partial charge in [-0.1, -0.05) is 0 Å². The highest BCUT2D eigenvalue weighted by Crippen LogP contribution is 2.27. The van der Waals surface area contributed by atoms with Crippen molar-refractivity contribution in [2.75, 3.05) is 35.9 Å². The lowest BCUT2D eigenvalue weighted by Gasteiger charge is -2.24. The number of anilines is 3. The summed E-state index contributed by atoms with van der Waals surface area (Å²) in [6.45, 7) is 0.510. The van der Waals surface area contributed by atoms with Crippen molar-refractivity contribution in [2.24, 2.45) is 19.2 Å². The molecule has 1 aromatic heterocycles. The van der Waals surface area contributed by atoms with Crippen LogP contribution >= 0.6 is 0 Å². The standard InChI is InChI=1S/C22H28N6O3/c1-25(2)16-9-10-17-18(13-16)27(4)22(26(17)3)24-23-14-5-7-15(8-6-14)28-12-11-19(29)20(28)21(30)31/h5-10,13,19-20,23,29H,11-12H2,1-4H3,(H,30,31). The van der Waals surface area contributed by atoms with Gasteiger partial charge in [-0.2, -0.15) is 0 Å². The zero-order chi connectivity index (χ0) is 22.3. The number of aliphatic hydroxyl groups excluding tert-OH is 1. The summed E-state index contributed by atoms with van der Waals surface area (Å²) in [6.07, 6.45) is -0.413. The molecule has 3 aromatic rings. The van der Waals surface area contributed by atoms with Gasteiger partial charge in [-0.25, -0.2) is 4.79 Å². The Morgan fingerprint density at radius 3 is 2.42 bits per heavy atom. The third kappa shape index (κ3) is 3.72. The molecule has 1 fully saturated rings. The maximum Gasteiger partial charge on any atom is 0.329 e. The number of aliphatic hydroxyl groups is 1. The molecule has 0 amide bonds. The second-order valence-electron chi connectivity index (χ2n) is 8.09. The second kappa shape index (κ2) is 7.99. The van der Waals surface area contributed by atoms with Crippen LogP contribution in [0.25, 0.3) is 11.0 Å². The Morgan fingerprint density at radius 2 is 1.77 bits per heavy atom. The van der Waals surface area contributed by atoms with Crippen LogP contribution in [0.1, 0.15) is 6.42 Å². The zero-order valence-electron chi connectivity index (χ0n) is 18.1. The first-order valence-electron chi connectivity index (χ1n) is 10.2. The lowest BCUT2D eigenvalue weighted by Crippen LogP contribution is -2.41. The van der Waals surface area contributed by atoms with Gasteiger partial charge >= 0.3 is 5.97 Å². The predicted molar refractivity (Wildman–Crippen MR) is 121 cm³/mol. The van der Waals surface area contributed by atoms with E-state index in [1.807, 2.05) is 61.6 Å². The third-order valence-electron chi connectivity index (χ3n) is 5.90. The van der Waals surface area contributed by atoms with Gasteiger partial charge in [0, 0.05) is 46.1 Å². The Labute approximate surface area is 180 Å². The topological polar surface area (TPSA) is 98.3 Å². The van der Waals surface area contributed by atoms with Crippen LogP contribution in [0.4, 0.5) is 17.1 Å². The molecule has 1 aliphatic rings. The van der Waals surface area contributed by atoms with Gasteiger partial charge in [0.2, 0.25) is 5.62 Å². The van der Waals surface area contributed by atoms with Gasteiger partial charge in [-0.05, 0) is 48.9 Å². The molecule has 4 rings (SSSR count). The molecule has 0 saturated carbocycles. The molecule has 2 atom stereocenters. The van der Waals surface area contributed by atoms with Crippen LogP contribution in [-0.4, -0.2) is 58.1 Å². The minimum atomic E-state index is -1.01. The molecule has 9 heteroatoms. The summed E-state index contributed by atoms with van der Waals surface area (Å²) in [6, 6.07) is 12.8. The summed E-state index contributed by atoms with van der Waals surface area (Å²) < 4.78 is 4.06. The van der Waals surface area contributed by atoms with Crippen LogP contribution in [0.15, 0.2) is 47.6 Å². The fraction of sp³-hybridized carbons (Fsp3) is 0.364. The van der Waals surface area contributed by atoms with Crippen molar-refractivity contribution in [3.8, 4) is 0 Å². The van der Waals surface area contributed by atoms with E-state index in [9.17, 15) is 15.0 Å². The van der Waals surface area contributed by atoms with Gasteiger partial charge in [0.15, 0.2) is 6.04 Å². The summed E-state index contributed by atoms with van der Waals surface area (Å²) in [7, 11) is 7.99. The van der Waals surface area contributed by atoms with Crippen LogP contribution < -0.4 is 20.8 Å². The minimum Gasteiger partial charge on any atom is -0.480 e. The molecule has 1 saturated heterocycles. The number of carboxylic acid groups (broad SMARTS) is 1. The fourth-order valence-corrected chi connectivity index (χ4v) is 4.14. The number of aliphatic carboxylic acids is 1. The quantitative estimate of drug-likeness (QED) is 0.538. The Hall–Kier alpha value is -3.46. The van der Waals surface area contributed by atoms with Crippen LogP contribution in [0.2, 0.25) is 0 Å². The second-order valence-corrected chi connectivity index (χ2v) is 8.09. The number of carbonyl (C=O) groups is 1. The molecule has 0 radical (unpaired) electrons. The fourth-order valence-electron chi connectivity index (χ4n) is 4.14. The van der Waals surface area contributed by atoms with E-state index in [2.05, 4.69) is 33.6 Å². The highest BCUT2D eigenvalue weighted by molar-refractivity contribution is 5.81. The molecule has 2 heterocycles. The lowest BCUT2D eigenvalue weighted by molar-refractivity contribution is -0.140. The summed E-state index contributed by atoms with van der Waals surface area (Å²) in [4.78, 5) is 15.3. The minimum absolute atomic E-state index is 0.444. The lowest BCUT2D eigenvalue weighted by atomic mass is 10.1. The smallest absolute Gasteiger partial charge is 0.329 e. The normalized spacial score (nSPS) is 19.3. The van der Waals surface area contributed by atoms with Crippen LogP contribution in [-0.2, 0) is 18.9 Å². The van der Waals surface area contributed by atoms with Crippen LogP contribution in [0.5, 0.6) is 0 Å². The van der Waals surface area contributed by atoms with Gasteiger partial charge < -0.3 is 29.1 Å². The molecule has 164 valence electrons. The first-order valence-corrected chi connectivity index (χ1v) is 10.2.